The van der Waals surface area contributed by atoms with Gasteiger partial charge < -0.3 is 5.32 Å². The summed E-state index contributed by atoms with van der Waals surface area (Å²) >= 11 is 0. The molecule has 21 heavy (non-hydrogen) atoms. The summed E-state index contributed by atoms with van der Waals surface area (Å²) in [5.41, 5.74) is 0.481. The Morgan fingerprint density at radius 1 is 1.00 bits per heavy atom. The average Bonchev–Trinajstić information content (AvgIpc) is 2.48. The van der Waals surface area contributed by atoms with Gasteiger partial charge in [0, 0.05) is 13.1 Å². The first-order chi connectivity index (χ1) is 10.1. The Kier molecular flexibility index (Phi) is 6.51. The molecule has 0 aromatic heterocycles. The van der Waals surface area contributed by atoms with Crippen LogP contribution in [-0.2, 0) is 10.0 Å². The highest BCUT2D eigenvalue weighted by Gasteiger charge is 2.38. The molecule has 124 valence electrons. The second-order valence-corrected chi connectivity index (χ2v) is 8.92. The fraction of sp³-hybridized carbons (Fsp3) is 1.00. The van der Waals surface area contributed by atoms with Crippen LogP contribution in [0.4, 0.5) is 0 Å². The van der Waals surface area contributed by atoms with E-state index in [0.717, 1.165) is 51.9 Å². The number of nitrogens with zero attached hydrogens (tertiary/aromatic N) is 1. The van der Waals surface area contributed by atoms with Crippen LogP contribution in [0.15, 0.2) is 0 Å². The number of sulfonamides is 1. The first-order valence-corrected chi connectivity index (χ1v) is 10.4. The molecule has 4 nitrogen and oxygen atoms in total. The van der Waals surface area contributed by atoms with Crippen LogP contribution in [0.25, 0.3) is 0 Å². The van der Waals surface area contributed by atoms with Crippen molar-refractivity contribution < 1.29 is 8.42 Å². The molecule has 2 rings (SSSR count). The molecule has 1 aliphatic carbocycles. The van der Waals surface area contributed by atoms with Crippen LogP contribution in [0, 0.1) is 5.41 Å². The van der Waals surface area contributed by atoms with E-state index in [2.05, 4.69) is 12.2 Å². The van der Waals surface area contributed by atoms with Crippen LogP contribution >= 0.6 is 0 Å². The maximum Gasteiger partial charge on any atom is 0.214 e. The Bertz CT molecular complexity index is 393. The second-order valence-electron chi connectivity index (χ2n) is 6.84. The summed E-state index contributed by atoms with van der Waals surface area (Å²) in [5, 5.41) is 3.24. The van der Waals surface area contributed by atoms with Crippen molar-refractivity contribution in [1.82, 2.24) is 9.62 Å². The molecule has 0 radical (unpaired) electrons. The summed E-state index contributed by atoms with van der Waals surface area (Å²) in [6.45, 7) is 5.48. The monoisotopic (exact) mass is 316 g/mol. The number of hydrogen-bond acceptors (Lipinski definition) is 3. The normalized spacial score (nSPS) is 23.5. The third-order valence-electron chi connectivity index (χ3n) is 5.35. The molecule has 1 spiro atoms. The van der Waals surface area contributed by atoms with Crippen molar-refractivity contribution in [1.29, 1.82) is 0 Å². The minimum Gasteiger partial charge on any atom is -0.317 e. The summed E-state index contributed by atoms with van der Waals surface area (Å²) in [6.07, 6.45) is 10.6. The van der Waals surface area contributed by atoms with Crippen LogP contribution in [0.2, 0.25) is 0 Å². The third kappa shape index (κ3) is 4.93. The van der Waals surface area contributed by atoms with Gasteiger partial charge in [-0.2, -0.15) is 0 Å². The fourth-order valence-electron chi connectivity index (χ4n) is 3.88. The Labute approximate surface area is 130 Å². The lowest BCUT2D eigenvalue weighted by atomic mass is 9.68. The molecule has 1 saturated carbocycles. The number of hydrogen-bond donors (Lipinski definition) is 1. The lowest BCUT2D eigenvalue weighted by Crippen LogP contribution is -2.44. The third-order valence-corrected chi connectivity index (χ3v) is 7.30. The maximum absolute atomic E-state index is 12.4. The van der Waals surface area contributed by atoms with Crippen molar-refractivity contribution >= 4 is 10.0 Å². The van der Waals surface area contributed by atoms with Gasteiger partial charge in [0.2, 0.25) is 10.0 Å². The molecule has 1 saturated heterocycles. The Hall–Kier alpha value is -0.130. The number of rotatable bonds is 7. The van der Waals surface area contributed by atoms with E-state index in [9.17, 15) is 8.42 Å². The second kappa shape index (κ2) is 7.93. The SMILES string of the molecule is CCNCCCCS(=O)(=O)N1CCC2(CCCCC2)CC1. The molecule has 0 unspecified atom stereocenters. The smallest absolute Gasteiger partial charge is 0.214 e. The van der Waals surface area contributed by atoms with E-state index < -0.39 is 10.0 Å². The molecule has 1 aliphatic heterocycles. The number of piperidine rings is 1. The molecule has 0 aromatic carbocycles. The zero-order chi connectivity index (χ0) is 15.2. The van der Waals surface area contributed by atoms with E-state index in [-0.39, 0.29) is 0 Å². The van der Waals surface area contributed by atoms with Gasteiger partial charge in [0.05, 0.1) is 5.75 Å². The first-order valence-electron chi connectivity index (χ1n) is 8.77. The van der Waals surface area contributed by atoms with Crippen molar-refractivity contribution in [3.8, 4) is 0 Å². The van der Waals surface area contributed by atoms with Gasteiger partial charge in [-0.25, -0.2) is 12.7 Å². The first kappa shape index (κ1) is 17.2. The minimum absolute atomic E-state index is 0.325. The maximum atomic E-state index is 12.4. The van der Waals surface area contributed by atoms with Gasteiger partial charge in [0.15, 0.2) is 0 Å². The summed E-state index contributed by atoms with van der Waals surface area (Å²) in [6, 6.07) is 0. The molecule has 2 aliphatic rings. The van der Waals surface area contributed by atoms with E-state index in [4.69, 9.17) is 0 Å². The van der Waals surface area contributed by atoms with Crippen LogP contribution in [0.3, 0.4) is 0 Å². The molecular formula is C16H32N2O2S. The number of nitrogens with one attached hydrogen (secondary N) is 1. The van der Waals surface area contributed by atoms with E-state index in [1.54, 1.807) is 4.31 Å². The number of unbranched alkanes of at least 4 members (excludes halogenated alkanes) is 1. The van der Waals surface area contributed by atoms with Crippen molar-refractivity contribution in [3.63, 3.8) is 0 Å². The van der Waals surface area contributed by atoms with Gasteiger partial charge in [-0.1, -0.05) is 26.2 Å². The molecule has 1 heterocycles. The summed E-state index contributed by atoms with van der Waals surface area (Å²) < 4.78 is 26.6. The highest BCUT2D eigenvalue weighted by Crippen LogP contribution is 2.44. The summed E-state index contributed by atoms with van der Waals surface area (Å²) in [4.78, 5) is 0. The van der Waals surface area contributed by atoms with E-state index in [1.165, 1.54) is 32.1 Å². The molecule has 2 fully saturated rings. The molecule has 0 bridgehead atoms. The van der Waals surface area contributed by atoms with Crippen molar-refractivity contribution in [2.75, 3.05) is 31.9 Å². The fourth-order valence-corrected chi connectivity index (χ4v) is 5.45. The standard InChI is InChI=1S/C16H32N2O2S/c1-2-17-12-6-7-15-21(19,20)18-13-10-16(11-14-18)8-4-3-5-9-16/h17H,2-15H2,1H3. The molecule has 0 aromatic rings. The highest BCUT2D eigenvalue weighted by atomic mass is 32.2. The van der Waals surface area contributed by atoms with Crippen LogP contribution in [-0.4, -0.2) is 44.7 Å². The van der Waals surface area contributed by atoms with Crippen LogP contribution in [0.5, 0.6) is 0 Å². The van der Waals surface area contributed by atoms with E-state index >= 15 is 0 Å². The van der Waals surface area contributed by atoms with Gasteiger partial charge in [0.25, 0.3) is 0 Å². The van der Waals surface area contributed by atoms with Gasteiger partial charge in [-0.05, 0) is 57.0 Å². The highest BCUT2D eigenvalue weighted by molar-refractivity contribution is 7.89. The van der Waals surface area contributed by atoms with Crippen molar-refractivity contribution in [2.45, 2.75) is 64.7 Å². The quantitative estimate of drug-likeness (QED) is 0.735. The molecule has 0 atom stereocenters. The van der Waals surface area contributed by atoms with E-state index in [0.29, 0.717) is 11.2 Å². The molecular weight excluding hydrogens is 284 g/mol. The Balaban J connectivity index is 1.75. The minimum atomic E-state index is -3.02. The largest absolute Gasteiger partial charge is 0.317 e. The predicted molar refractivity (Wildman–Crippen MR) is 87.9 cm³/mol. The van der Waals surface area contributed by atoms with Crippen LogP contribution in [0.1, 0.15) is 64.7 Å². The molecule has 1 N–H and O–H groups in total. The van der Waals surface area contributed by atoms with Crippen molar-refractivity contribution in [3.05, 3.63) is 0 Å². The van der Waals surface area contributed by atoms with Crippen LogP contribution < -0.4 is 5.32 Å². The lowest BCUT2D eigenvalue weighted by molar-refractivity contribution is 0.102. The average molecular weight is 317 g/mol. The van der Waals surface area contributed by atoms with Gasteiger partial charge >= 0.3 is 0 Å². The summed E-state index contributed by atoms with van der Waals surface area (Å²) in [7, 11) is -3.02. The Morgan fingerprint density at radius 3 is 2.29 bits per heavy atom. The summed E-state index contributed by atoms with van der Waals surface area (Å²) in [5.74, 6) is 0.325. The predicted octanol–water partition coefficient (Wildman–Crippen LogP) is 2.75. The van der Waals surface area contributed by atoms with Gasteiger partial charge in [-0.3, -0.25) is 0 Å². The van der Waals surface area contributed by atoms with E-state index in [1.807, 2.05) is 0 Å². The van der Waals surface area contributed by atoms with Gasteiger partial charge in [-0.15, -0.1) is 0 Å². The van der Waals surface area contributed by atoms with Crippen molar-refractivity contribution in [2.24, 2.45) is 5.41 Å². The van der Waals surface area contributed by atoms with Gasteiger partial charge in [0.1, 0.15) is 0 Å². The molecule has 5 heteroatoms. The molecule has 0 amide bonds. The zero-order valence-electron chi connectivity index (χ0n) is 13.6. The lowest BCUT2D eigenvalue weighted by Gasteiger charge is -2.43. The topological polar surface area (TPSA) is 49.4 Å². The zero-order valence-corrected chi connectivity index (χ0v) is 14.4. The Morgan fingerprint density at radius 2 is 1.67 bits per heavy atom.